The van der Waals surface area contributed by atoms with Crippen molar-refractivity contribution < 1.29 is 5.11 Å². The van der Waals surface area contributed by atoms with Crippen molar-refractivity contribution >= 4 is 23.6 Å². The second-order valence-electron chi connectivity index (χ2n) is 9.72. The van der Waals surface area contributed by atoms with Crippen LogP contribution in [-0.2, 0) is 19.6 Å². The van der Waals surface area contributed by atoms with Crippen molar-refractivity contribution in [2.24, 2.45) is 0 Å². The van der Waals surface area contributed by atoms with Gasteiger partial charge in [0.2, 0.25) is 0 Å². The van der Waals surface area contributed by atoms with Crippen molar-refractivity contribution in [3.8, 4) is 11.8 Å². The number of aromatic nitrogens is 4. The first-order valence-corrected chi connectivity index (χ1v) is 13.0. The van der Waals surface area contributed by atoms with Gasteiger partial charge in [-0.15, -0.1) is 12.4 Å². The molecule has 1 unspecified atom stereocenters. The van der Waals surface area contributed by atoms with E-state index in [0.717, 1.165) is 32.4 Å². The van der Waals surface area contributed by atoms with Crippen LogP contribution < -0.4 is 11.2 Å². The van der Waals surface area contributed by atoms with E-state index in [9.17, 15) is 14.7 Å². The first-order chi connectivity index (χ1) is 16.4. The SMILES string of the molecule is CCCCn1c(=O)n(CCCCC(C)(O)C#CCN2CCCCC2)c(=O)c2c1ncn2CCC.Cl. The van der Waals surface area contributed by atoms with Gasteiger partial charge in [-0.3, -0.25) is 18.8 Å². The molecule has 196 valence electrons. The normalized spacial score (nSPS) is 15.9. The number of nitrogens with zero attached hydrogens (tertiary/aromatic N) is 5. The molecule has 1 aliphatic rings. The number of rotatable bonds is 11. The van der Waals surface area contributed by atoms with Gasteiger partial charge in [-0.05, 0) is 65.0 Å². The molecule has 2 aromatic heterocycles. The number of piperidine rings is 1. The minimum Gasteiger partial charge on any atom is -0.378 e. The van der Waals surface area contributed by atoms with E-state index < -0.39 is 5.60 Å². The van der Waals surface area contributed by atoms with Crippen molar-refractivity contribution in [3.63, 3.8) is 0 Å². The van der Waals surface area contributed by atoms with Gasteiger partial charge in [-0.2, -0.15) is 0 Å². The zero-order valence-electron chi connectivity index (χ0n) is 21.6. The summed E-state index contributed by atoms with van der Waals surface area (Å²) in [6.07, 6.45) is 9.92. The first kappa shape index (κ1) is 29.2. The standard InChI is InChI=1S/C26H41N5O3.ClH/c1-4-6-19-30-23-22(29(15-5-2)21-27-23)24(32)31(25(30)33)20-11-8-13-26(3,34)14-12-18-28-16-9-7-10-17-28;/h21,34H,4-11,13,15-20H2,1-3H3;1H. The summed E-state index contributed by atoms with van der Waals surface area (Å²) in [6.45, 7) is 10.3. The van der Waals surface area contributed by atoms with Crippen LogP contribution in [-0.4, -0.2) is 53.9 Å². The van der Waals surface area contributed by atoms with Gasteiger partial charge < -0.3 is 9.67 Å². The Bertz CT molecular complexity index is 1120. The molecule has 1 fully saturated rings. The smallest absolute Gasteiger partial charge is 0.332 e. The minimum atomic E-state index is -1.06. The third-order valence-electron chi connectivity index (χ3n) is 6.59. The second-order valence-corrected chi connectivity index (χ2v) is 9.72. The summed E-state index contributed by atoms with van der Waals surface area (Å²) in [4.78, 5) is 33.1. The molecule has 0 radical (unpaired) electrons. The summed E-state index contributed by atoms with van der Waals surface area (Å²) < 4.78 is 4.86. The Morgan fingerprint density at radius 3 is 2.40 bits per heavy atom. The van der Waals surface area contributed by atoms with Crippen LogP contribution in [0.3, 0.4) is 0 Å². The van der Waals surface area contributed by atoms with Crippen LogP contribution >= 0.6 is 12.4 Å². The largest absolute Gasteiger partial charge is 0.378 e. The van der Waals surface area contributed by atoms with Gasteiger partial charge in [0.05, 0.1) is 12.9 Å². The van der Waals surface area contributed by atoms with Gasteiger partial charge in [-0.25, -0.2) is 9.78 Å². The van der Waals surface area contributed by atoms with Crippen LogP contribution in [0.4, 0.5) is 0 Å². The number of imidazole rings is 1. The Labute approximate surface area is 214 Å². The predicted octanol–water partition coefficient (Wildman–Crippen LogP) is 3.40. The zero-order chi connectivity index (χ0) is 24.6. The summed E-state index contributed by atoms with van der Waals surface area (Å²) in [5, 5.41) is 10.7. The lowest BCUT2D eigenvalue weighted by Crippen LogP contribution is -2.40. The number of halogens is 1. The molecule has 0 saturated carbocycles. The van der Waals surface area contributed by atoms with Crippen LogP contribution in [0.2, 0.25) is 0 Å². The fraction of sp³-hybridized carbons (Fsp3) is 0.731. The summed E-state index contributed by atoms with van der Waals surface area (Å²) in [6, 6.07) is 0. The minimum absolute atomic E-state index is 0. The molecule has 1 N–H and O–H groups in total. The number of hydrogen-bond donors (Lipinski definition) is 1. The van der Waals surface area contributed by atoms with Crippen molar-refractivity contribution in [3.05, 3.63) is 27.2 Å². The monoisotopic (exact) mass is 507 g/mol. The Kier molecular flexibility index (Phi) is 11.5. The van der Waals surface area contributed by atoms with E-state index in [0.29, 0.717) is 56.6 Å². The highest BCUT2D eigenvalue weighted by Crippen LogP contribution is 2.14. The fourth-order valence-corrected chi connectivity index (χ4v) is 4.63. The van der Waals surface area contributed by atoms with Crippen molar-refractivity contribution in [2.45, 2.75) is 104 Å². The van der Waals surface area contributed by atoms with Crippen molar-refractivity contribution in [1.82, 2.24) is 23.6 Å². The Balaban J connectivity index is 0.00000432. The summed E-state index contributed by atoms with van der Waals surface area (Å²) in [5.74, 6) is 6.16. The number of hydrogen-bond acceptors (Lipinski definition) is 5. The van der Waals surface area contributed by atoms with Gasteiger partial charge >= 0.3 is 5.69 Å². The number of unbranched alkanes of at least 4 members (excludes halogenated alkanes) is 2. The van der Waals surface area contributed by atoms with Crippen molar-refractivity contribution in [2.75, 3.05) is 19.6 Å². The molecule has 8 nitrogen and oxygen atoms in total. The van der Waals surface area contributed by atoms with Crippen molar-refractivity contribution in [1.29, 1.82) is 0 Å². The van der Waals surface area contributed by atoms with Gasteiger partial charge in [0.15, 0.2) is 11.2 Å². The van der Waals surface area contributed by atoms with E-state index in [4.69, 9.17) is 0 Å². The average Bonchev–Trinajstić information content (AvgIpc) is 3.23. The van der Waals surface area contributed by atoms with Gasteiger partial charge in [0, 0.05) is 19.6 Å². The molecule has 0 amide bonds. The van der Waals surface area contributed by atoms with E-state index in [-0.39, 0.29) is 23.7 Å². The number of aryl methyl sites for hydroxylation is 2. The third kappa shape index (κ3) is 7.70. The molecular formula is C26H42ClN5O3. The molecule has 1 aliphatic heterocycles. The van der Waals surface area contributed by atoms with Crippen LogP contribution in [0, 0.1) is 11.8 Å². The Morgan fingerprint density at radius 2 is 1.71 bits per heavy atom. The molecule has 3 rings (SSSR count). The number of aliphatic hydroxyl groups is 1. The van der Waals surface area contributed by atoms with E-state index in [1.165, 1.54) is 23.8 Å². The van der Waals surface area contributed by atoms with E-state index in [1.807, 2.05) is 4.57 Å². The fourth-order valence-electron chi connectivity index (χ4n) is 4.63. The van der Waals surface area contributed by atoms with Gasteiger partial charge in [-0.1, -0.05) is 38.5 Å². The number of likely N-dealkylation sites (tertiary alicyclic amines) is 1. The lowest BCUT2D eigenvalue weighted by Gasteiger charge is -2.24. The molecule has 0 spiro atoms. The second kappa shape index (κ2) is 13.9. The predicted molar refractivity (Wildman–Crippen MR) is 143 cm³/mol. The highest BCUT2D eigenvalue weighted by Gasteiger charge is 2.19. The quantitative estimate of drug-likeness (QED) is 0.372. The summed E-state index contributed by atoms with van der Waals surface area (Å²) in [7, 11) is 0. The van der Waals surface area contributed by atoms with Crippen LogP contribution in [0.25, 0.3) is 11.2 Å². The summed E-state index contributed by atoms with van der Waals surface area (Å²) in [5.41, 5.74) is -0.632. The van der Waals surface area contributed by atoms with Gasteiger partial charge in [0.25, 0.3) is 5.56 Å². The lowest BCUT2D eigenvalue weighted by molar-refractivity contribution is 0.108. The summed E-state index contributed by atoms with van der Waals surface area (Å²) >= 11 is 0. The molecule has 9 heteroatoms. The Hall–Kier alpha value is -2.08. The molecule has 0 aliphatic carbocycles. The molecule has 0 bridgehead atoms. The van der Waals surface area contributed by atoms with Gasteiger partial charge in [0.1, 0.15) is 5.60 Å². The maximum atomic E-state index is 13.2. The molecule has 35 heavy (non-hydrogen) atoms. The molecule has 1 atom stereocenters. The number of fused-ring (bicyclic) bond motifs is 1. The average molecular weight is 508 g/mol. The Morgan fingerprint density at radius 1 is 1.00 bits per heavy atom. The highest BCUT2D eigenvalue weighted by atomic mass is 35.5. The zero-order valence-corrected chi connectivity index (χ0v) is 22.4. The van der Waals surface area contributed by atoms with E-state index in [2.05, 4.69) is 35.6 Å². The van der Waals surface area contributed by atoms with Crippen LogP contribution in [0.5, 0.6) is 0 Å². The topological polar surface area (TPSA) is 85.3 Å². The third-order valence-corrected chi connectivity index (χ3v) is 6.59. The highest BCUT2D eigenvalue weighted by molar-refractivity contribution is 5.85. The molecule has 1 saturated heterocycles. The van der Waals surface area contributed by atoms with E-state index in [1.54, 1.807) is 17.8 Å². The van der Waals surface area contributed by atoms with E-state index >= 15 is 0 Å². The first-order valence-electron chi connectivity index (χ1n) is 13.0. The molecule has 3 heterocycles. The van der Waals surface area contributed by atoms with Crippen LogP contribution in [0.15, 0.2) is 15.9 Å². The molecule has 0 aromatic carbocycles. The lowest BCUT2D eigenvalue weighted by atomic mass is 9.99. The maximum Gasteiger partial charge on any atom is 0.332 e. The molecular weight excluding hydrogens is 466 g/mol. The van der Waals surface area contributed by atoms with Crippen LogP contribution in [0.1, 0.15) is 78.6 Å². The maximum absolute atomic E-state index is 13.2. The molecule has 2 aromatic rings.